The molecule has 0 saturated heterocycles. The molecule has 1 aliphatic rings. The number of amides is 1. The number of alkyl halides is 2. The molecule has 1 saturated carbocycles. The van der Waals surface area contributed by atoms with E-state index < -0.39 is 23.7 Å². The first kappa shape index (κ1) is 15.3. The van der Waals surface area contributed by atoms with E-state index in [2.05, 4.69) is 15.3 Å². The number of halogens is 2. The topological polar surface area (TPSA) is 81.6 Å². The summed E-state index contributed by atoms with van der Waals surface area (Å²) in [4.78, 5) is 19.2. The van der Waals surface area contributed by atoms with Gasteiger partial charge in [0, 0.05) is 0 Å². The van der Waals surface area contributed by atoms with Gasteiger partial charge in [-0.25, -0.2) is 13.8 Å². The van der Waals surface area contributed by atoms with E-state index in [0.29, 0.717) is 22.2 Å². The average Bonchev–Trinajstić information content (AvgIpc) is 2.97. The minimum absolute atomic E-state index is 0.0876. The van der Waals surface area contributed by atoms with Gasteiger partial charge in [-0.1, -0.05) is 30.3 Å². The molecule has 1 aliphatic carbocycles. The number of fused-ring (bicyclic) bond motifs is 1. The number of rotatable bonds is 3. The molecular weight excluding hydrogens is 326 g/mol. The van der Waals surface area contributed by atoms with Gasteiger partial charge in [-0.05, 0) is 23.8 Å². The van der Waals surface area contributed by atoms with E-state index in [1.165, 1.54) is 0 Å². The molecule has 7 heteroatoms. The highest BCUT2D eigenvalue weighted by Crippen LogP contribution is 2.61. The third kappa shape index (κ3) is 2.52. The fourth-order valence-electron chi connectivity index (χ4n) is 3.06. The maximum atomic E-state index is 14.1. The molecule has 0 aliphatic heterocycles. The normalized spacial score (nSPS) is 20.8. The summed E-state index contributed by atoms with van der Waals surface area (Å²) in [6.45, 7) is 0. The summed E-state index contributed by atoms with van der Waals surface area (Å²) in [7, 11) is 0. The van der Waals surface area contributed by atoms with Crippen LogP contribution in [0.1, 0.15) is 17.0 Å². The zero-order valence-corrected chi connectivity index (χ0v) is 12.8. The third-order valence-corrected chi connectivity index (χ3v) is 4.35. The van der Waals surface area contributed by atoms with Gasteiger partial charge in [-0.3, -0.25) is 10.1 Å². The predicted molar refractivity (Wildman–Crippen MR) is 87.1 cm³/mol. The lowest BCUT2D eigenvalue weighted by Gasteiger charge is -2.00. The lowest BCUT2D eigenvalue weighted by atomic mass is 10.1. The number of anilines is 1. The van der Waals surface area contributed by atoms with E-state index in [1.807, 2.05) is 6.07 Å². The number of nitriles is 1. The van der Waals surface area contributed by atoms with Crippen LogP contribution in [0, 0.1) is 17.2 Å². The van der Waals surface area contributed by atoms with Gasteiger partial charge in [-0.2, -0.15) is 5.26 Å². The number of aromatic amines is 1. The number of imidazole rings is 1. The smallest absolute Gasteiger partial charge is 0.268 e. The Bertz CT molecular complexity index is 1010. The molecule has 2 N–H and O–H groups in total. The summed E-state index contributed by atoms with van der Waals surface area (Å²) in [5.74, 6) is -6.31. The van der Waals surface area contributed by atoms with Gasteiger partial charge >= 0.3 is 0 Å². The van der Waals surface area contributed by atoms with Gasteiger partial charge in [0.05, 0.1) is 28.6 Å². The number of hydrogen-bond acceptors (Lipinski definition) is 3. The third-order valence-electron chi connectivity index (χ3n) is 4.35. The van der Waals surface area contributed by atoms with Crippen LogP contribution in [0.25, 0.3) is 11.0 Å². The molecule has 25 heavy (non-hydrogen) atoms. The van der Waals surface area contributed by atoms with Crippen molar-refractivity contribution in [3.8, 4) is 6.07 Å². The van der Waals surface area contributed by atoms with Crippen LogP contribution >= 0.6 is 0 Å². The van der Waals surface area contributed by atoms with Crippen molar-refractivity contribution in [1.29, 1.82) is 5.26 Å². The van der Waals surface area contributed by atoms with Crippen LogP contribution in [0.15, 0.2) is 48.5 Å². The Balaban J connectivity index is 1.55. The first-order valence-corrected chi connectivity index (χ1v) is 7.64. The molecule has 0 spiro atoms. The Hall–Kier alpha value is -3.27. The lowest BCUT2D eigenvalue weighted by molar-refractivity contribution is -0.119. The molecular formula is C18H12F2N4O. The van der Waals surface area contributed by atoms with Crippen LogP contribution in [0.3, 0.4) is 0 Å². The summed E-state index contributed by atoms with van der Waals surface area (Å²) >= 11 is 0. The molecule has 2 aromatic carbocycles. The maximum absolute atomic E-state index is 14.1. The van der Waals surface area contributed by atoms with Crippen LogP contribution in [0.4, 0.5) is 14.7 Å². The highest BCUT2D eigenvalue weighted by Gasteiger charge is 2.72. The second-order valence-corrected chi connectivity index (χ2v) is 5.96. The molecule has 1 heterocycles. The molecule has 2 atom stereocenters. The molecule has 1 aromatic heterocycles. The molecule has 0 bridgehead atoms. The number of nitrogens with one attached hydrogen (secondary N) is 2. The zero-order valence-electron chi connectivity index (χ0n) is 12.8. The number of hydrogen-bond donors (Lipinski definition) is 2. The van der Waals surface area contributed by atoms with Crippen LogP contribution in [0.5, 0.6) is 0 Å². The number of H-pyrrole nitrogens is 1. The molecule has 4 rings (SSSR count). The summed E-state index contributed by atoms with van der Waals surface area (Å²) < 4.78 is 28.2. The van der Waals surface area contributed by atoms with Crippen molar-refractivity contribution >= 4 is 22.9 Å². The van der Waals surface area contributed by atoms with Gasteiger partial charge in [0.2, 0.25) is 11.9 Å². The summed E-state index contributed by atoms with van der Waals surface area (Å²) in [5.41, 5.74) is 1.97. The Kier molecular flexibility index (Phi) is 3.29. The van der Waals surface area contributed by atoms with E-state index in [-0.39, 0.29) is 5.95 Å². The Morgan fingerprint density at radius 2 is 2.00 bits per heavy atom. The summed E-state index contributed by atoms with van der Waals surface area (Å²) in [6.07, 6.45) is 0. The molecule has 3 aromatic rings. The number of carbonyl (C=O) groups is 1. The fourth-order valence-corrected chi connectivity index (χ4v) is 3.06. The van der Waals surface area contributed by atoms with Crippen LogP contribution in [-0.4, -0.2) is 21.8 Å². The lowest BCUT2D eigenvalue weighted by Crippen LogP contribution is -2.18. The standard InChI is InChI=1S/C18H12F2N4O/c19-18(20)14(11-4-2-1-3-5-11)15(18)16(25)24-17-22-12-7-6-10(9-21)8-13(12)23-17/h1-8,14-15H,(H2,22,23,24,25). The van der Waals surface area contributed by atoms with Crippen LogP contribution in [0.2, 0.25) is 0 Å². The van der Waals surface area contributed by atoms with Gasteiger partial charge in [-0.15, -0.1) is 0 Å². The first-order chi connectivity index (χ1) is 12.0. The van der Waals surface area contributed by atoms with Gasteiger partial charge in [0.15, 0.2) is 0 Å². The van der Waals surface area contributed by atoms with Crippen molar-refractivity contribution in [3.63, 3.8) is 0 Å². The van der Waals surface area contributed by atoms with Crippen molar-refractivity contribution in [2.75, 3.05) is 5.32 Å². The molecule has 2 unspecified atom stereocenters. The first-order valence-electron chi connectivity index (χ1n) is 7.64. The van der Waals surface area contributed by atoms with E-state index in [1.54, 1.807) is 48.5 Å². The van der Waals surface area contributed by atoms with E-state index in [4.69, 9.17) is 5.26 Å². The second-order valence-electron chi connectivity index (χ2n) is 5.96. The molecule has 124 valence electrons. The number of nitrogens with zero attached hydrogens (tertiary/aromatic N) is 2. The van der Waals surface area contributed by atoms with Gasteiger partial charge in [0.25, 0.3) is 5.92 Å². The van der Waals surface area contributed by atoms with Crippen LogP contribution in [-0.2, 0) is 4.79 Å². The van der Waals surface area contributed by atoms with Crippen molar-refractivity contribution in [2.45, 2.75) is 11.8 Å². The number of aromatic nitrogens is 2. The summed E-state index contributed by atoms with van der Waals surface area (Å²) in [5, 5.41) is 11.3. The maximum Gasteiger partial charge on any atom is 0.268 e. The highest BCUT2D eigenvalue weighted by molar-refractivity contribution is 5.96. The zero-order chi connectivity index (χ0) is 17.6. The van der Waals surface area contributed by atoms with Crippen LogP contribution < -0.4 is 5.32 Å². The Morgan fingerprint density at radius 3 is 2.72 bits per heavy atom. The monoisotopic (exact) mass is 338 g/mol. The quantitative estimate of drug-likeness (QED) is 0.768. The SMILES string of the molecule is N#Cc1ccc2nc(NC(=O)C3C(c4ccccc4)C3(F)F)[nH]c2c1. The van der Waals surface area contributed by atoms with Crippen molar-refractivity contribution in [1.82, 2.24) is 9.97 Å². The van der Waals surface area contributed by atoms with Crippen molar-refractivity contribution < 1.29 is 13.6 Å². The minimum Gasteiger partial charge on any atom is -0.324 e. The second kappa shape index (κ2) is 5.38. The van der Waals surface area contributed by atoms with E-state index >= 15 is 0 Å². The molecule has 1 amide bonds. The fraction of sp³-hybridized carbons (Fsp3) is 0.167. The largest absolute Gasteiger partial charge is 0.324 e. The highest BCUT2D eigenvalue weighted by atomic mass is 19.3. The summed E-state index contributed by atoms with van der Waals surface area (Å²) in [6, 6.07) is 15.1. The van der Waals surface area contributed by atoms with E-state index in [0.717, 1.165) is 0 Å². The van der Waals surface area contributed by atoms with Crippen molar-refractivity contribution in [2.24, 2.45) is 5.92 Å². The Morgan fingerprint density at radius 1 is 1.24 bits per heavy atom. The van der Waals surface area contributed by atoms with E-state index in [9.17, 15) is 13.6 Å². The Labute approximate surface area is 141 Å². The average molecular weight is 338 g/mol. The molecule has 0 radical (unpaired) electrons. The van der Waals surface area contributed by atoms with Crippen molar-refractivity contribution in [3.05, 3.63) is 59.7 Å². The number of benzene rings is 2. The molecule has 5 nitrogen and oxygen atoms in total. The number of carbonyl (C=O) groups excluding carboxylic acids is 1. The minimum atomic E-state index is -3.08. The van der Waals surface area contributed by atoms with Gasteiger partial charge in [0.1, 0.15) is 5.92 Å². The molecule has 1 fully saturated rings. The predicted octanol–water partition coefficient (Wildman–Crippen LogP) is 3.42. The van der Waals surface area contributed by atoms with Gasteiger partial charge < -0.3 is 4.98 Å².